The second kappa shape index (κ2) is 8.98. The Hall–Kier alpha value is -1.15. The van der Waals surface area contributed by atoms with Gasteiger partial charge in [-0.2, -0.15) is 0 Å². The number of fused-ring (bicyclic) bond motifs is 1. The van der Waals surface area contributed by atoms with Crippen molar-refractivity contribution in [2.45, 2.75) is 36.8 Å². The van der Waals surface area contributed by atoms with E-state index in [4.69, 9.17) is 4.74 Å². The smallest absolute Gasteiger partial charge is 0.230 e. The van der Waals surface area contributed by atoms with Gasteiger partial charge in [0.1, 0.15) is 0 Å². The van der Waals surface area contributed by atoms with E-state index in [1.54, 1.807) is 11.3 Å². The van der Waals surface area contributed by atoms with Crippen LogP contribution in [0.1, 0.15) is 20.3 Å². The van der Waals surface area contributed by atoms with Crippen LogP contribution in [0.4, 0.5) is 0 Å². The summed E-state index contributed by atoms with van der Waals surface area (Å²) >= 11 is 3.15. The minimum Gasteiger partial charge on any atom is -0.373 e. The van der Waals surface area contributed by atoms with Crippen molar-refractivity contribution in [1.29, 1.82) is 0 Å². The van der Waals surface area contributed by atoms with Crippen LogP contribution in [0.5, 0.6) is 0 Å². The largest absolute Gasteiger partial charge is 0.373 e. The van der Waals surface area contributed by atoms with E-state index in [1.807, 2.05) is 18.2 Å². The average molecular weight is 380 g/mol. The number of thioether (sulfide) groups is 1. The molecule has 5 nitrogen and oxygen atoms in total. The first-order chi connectivity index (χ1) is 12.1. The number of rotatable bonds is 7. The molecule has 1 fully saturated rings. The number of hydrogen-bond acceptors (Lipinski definition) is 6. The van der Waals surface area contributed by atoms with Crippen molar-refractivity contribution < 1.29 is 9.53 Å². The van der Waals surface area contributed by atoms with Gasteiger partial charge in [0.15, 0.2) is 4.34 Å². The van der Waals surface area contributed by atoms with E-state index in [0.29, 0.717) is 18.0 Å². The number of benzene rings is 1. The van der Waals surface area contributed by atoms with Crippen LogP contribution < -0.4 is 5.32 Å². The lowest BCUT2D eigenvalue weighted by Crippen LogP contribution is -2.46. The van der Waals surface area contributed by atoms with Gasteiger partial charge in [0.2, 0.25) is 5.91 Å². The molecule has 3 rings (SSSR count). The van der Waals surface area contributed by atoms with E-state index in [1.165, 1.54) is 16.5 Å². The van der Waals surface area contributed by atoms with Crippen LogP contribution in [-0.2, 0) is 9.53 Å². The summed E-state index contributed by atoms with van der Waals surface area (Å²) in [6.45, 7) is 7.91. The second-order valence-corrected chi connectivity index (χ2v) is 8.71. The second-order valence-electron chi connectivity index (χ2n) is 6.46. The topological polar surface area (TPSA) is 54.5 Å². The number of carbonyl (C=O) groups is 1. The van der Waals surface area contributed by atoms with E-state index in [2.05, 4.69) is 35.1 Å². The molecular formula is C18H25N3O2S2. The zero-order valence-electron chi connectivity index (χ0n) is 14.7. The van der Waals surface area contributed by atoms with Gasteiger partial charge in [-0.05, 0) is 32.4 Å². The van der Waals surface area contributed by atoms with Crippen LogP contribution in [0, 0.1) is 0 Å². The molecular weight excluding hydrogens is 354 g/mol. The van der Waals surface area contributed by atoms with E-state index < -0.39 is 0 Å². The van der Waals surface area contributed by atoms with E-state index in [9.17, 15) is 4.79 Å². The average Bonchev–Trinajstić information content (AvgIpc) is 2.99. The quantitative estimate of drug-likeness (QED) is 0.592. The summed E-state index contributed by atoms with van der Waals surface area (Å²) in [5, 5.41) is 3.01. The number of nitrogens with one attached hydrogen (secondary N) is 1. The molecule has 0 saturated carbocycles. The highest BCUT2D eigenvalue weighted by atomic mass is 32.2. The zero-order valence-corrected chi connectivity index (χ0v) is 16.4. The Morgan fingerprint density at radius 2 is 2.12 bits per heavy atom. The van der Waals surface area contributed by atoms with Gasteiger partial charge in [-0.1, -0.05) is 23.9 Å². The first-order valence-electron chi connectivity index (χ1n) is 8.73. The Morgan fingerprint density at radius 3 is 2.88 bits per heavy atom. The third-order valence-corrected chi connectivity index (χ3v) is 6.25. The first-order valence-corrected chi connectivity index (χ1v) is 10.5. The fraction of sp³-hybridized carbons (Fsp3) is 0.556. The third-order valence-electron chi connectivity index (χ3n) is 4.07. The van der Waals surface area contributed by atoms with E-state index in [-0.39, 0.29) is 5.91 Å². The molecule has 1 aromatic heterocycles. The van der Waals surface area contributed by atoms with Crippen molar-refractivity contribution in [3.8, 4) is 0 Å². The maximum absolute atomic E-state index is 12.0. The number of para-hydroxylation sites is 1. The molecule has 0 aliphatic carbocycles. The standard InChI is InChI=1S/C18H25N3O2S2/c1-13-10-21(11-14(2)23-13)9-5-8-19-17(22)12-24-18-20-15-6-3-4-7-16(15)25-18/h3-4,6-7,13-14H,5,8-12H2,1-2H3,(H,19,22). The lowest BCUT2D eigenvalue weighted by Gasteiger charge is -2.35. The molecule has 1 N–H and O–H groups in total. The number of aromatic nitrogens is 1. The fourth-order valence-electron chi connectivity index (χ4n) is 3.09. The Bertz CT molecular complexity index is 663. The fourth-order valence-corrected chi connectivity index (χ4v) is 4.99. The number of thiazole rings is 1. The molecule has 1 amide bonds. The molecule has 1 saturated heterocycles. The molecule has 1 aromatic carbocycles. The van der Waals surface area contributed by atoms with Crippen molar-refractivity contribution >= 4 is 39.2 Å². The van der Waals surface area contributed by atoms with Gasteiger partial charge in [0, 0.05) is 26.2 Å². The van der Waals surface area contributed by atoms with Crippen LogP contribution >= 0.6 is 23.1 Å². The third kappa shape index (κ3) is 5.67. The molecule has 1 aliphatic rings. The van der Waals surface area contributed by atoms with E-state index >= 15 is 0 Å². The maximum Gasteiger partial charge on any atom is 0.230 e. The van der Waals surface area contributed by atoms with Crippen molar-refractivity contribution in [3.05, 3.63) is 24.3 Å². The van der Waals surface area contributed by atoms with Gasteiger partial charge in [-0.25, -0.2) is 4.98 Å². The van der Waals surface area contributed by atoms with Gasteiger partial charge in [-0.15, -0.1) is 11.3 Å². The van der Waals surface area contributed by atoms with Crippen LogP contribution in [0.15, 0.2) is 28.6 Å². The molecule has 2 heterocycles. The summed E-state index contributed by atoms with van der Waals surface area (Å²) in [7, 11) is 0. The molecule has 0 spiro atoms. The Kier molecular flexibility index (Phi) is 6.70. The molecule has 7 heteroatoms. The van der Waals surface area contributed by atoms with Crippen molar-refractivity contribution in [2.24, 2.45) is 0 Å². The SMILES string of the molecule is CC1CN(CCCNC(=O)CSc2nc3ccccc3s2)CC(C)O1. The summed E-state index contributed by atoms with van der Waals surface area (Å²) in [5.74, 6) is 0.499. The number of morpholine rings is 1. The molecule has 25 heavy (non-hydrogen) atoms. The van der Waals surface area contributed by atoms with Crippen molar-refractivity contribution in [2.75, 3.05) is 31.9 Å². The van der Waals surface area contributed by atoms with Gasteiger partial charge in [0.25, 0.3) is 0 Å². The van der Waals surface area contributed by atoms with E-state index in [0.717, 1.165) is 42.5 Å². The number of carbonyl (C=O) groups excluding carboxylic acids is 1. The summed E-state index contributed by atoms with van der Waals surface area (Å²) in [6, 6.07) is 8.06. The summed E-state index contributed by atoms with van der Waals surface area (Å²) in [5.41, 5.74) is 1.00. The predicted octanol–water partition coefficient (Wildman–Crippen LogP) is 3.00. The molecule has 2 unspecified atom stereocenters. The highest BCUT2D eigenvalue weighted by Gasteiger charge is 2.21. The summed E-state index contributed by atoms with van der Waals surface area (Å²) < 4.78 is 7.86. The highest BCUT2D eigenvalue weighted by molar-refractivity contribution is 8.01. The molecule has 2 atom stereocenters. The number of nitrogens with zero attached hydrogens (tertiary/aromatic N) is 2. The predicted molar refractivity (Wildman–Crippen MR) is 104 cm³/mol. The summed E-state index contributed by atoms with van der Waals surface area (Å²) in [4.78, 5) is 19.0. The van der Waals surface area contributed by atoms with Crippen LogP contribution in [0.3, 0.4) is 0 Å². The van der Waals surface area contributed by atoms with Gasteiger partial charge < -0.3 is 10.1 Å². The molecule has 1 aliphatic heterocycles. The normalized spacial score (nSPS) is 21.5. The van der Waals surface area contributed by atoms with Crippen LogP contribution in [0.2, 0.25) is 0 Å². The Balaban J connectivity index is 1.33. The first kappa shape index (κ1) is 18.6. The Labute approximate surface area is 157 Å². The Morgan fingerprint density at radius 1 is 1.36 bits per heavy atom. The number of amides is 1. The maximum atomic E-state index is 12.0. The van der Waals surface area contributed by atoms with Gasteiger partial charge in [0.05, 0.1) is 28.2 Å². The lowest BCUT2D eigenvalue weighted by atomic mass is 10.2. The lowest BCUT2D eigenvalue weighted by molar-refractivity contribution is -0.118. The van der Waals surface area contributed by atoms with Crippen LogP contribution in [0.25, 0.3) is 10.2 Å². The highest BCUT2D eigenvalue weighted by Crippen LogP contribution is 2.28. The van der Waals surface area contributed by atoms with Crippen molar-refractivity contribution in [3.63, 3.8) is 0 Å². The van der Waals surface area contributed by atoms with Gasteiger partial charge in [-0.3, -0.25) is 9.69 Å². The number of ether oxygens (including phenoxy) is 1. The van der Waals surface area contributed by atoms with Gasteiger partial charge >= 0.3 is 0 Å². The molecule has 0 radical (unpaired) electrons. The molecule has 2 aromatic rings. The molecule has 0 bridgehead atoms. The van der Waals surface area contributed by atoms with Crippen LogP contribution in [-0.4, -0.2) is 59.9 Å². The minimum absolute atomic E-state index is 0.0768. The number of hydrogen-bond donors (Lipinski definition) is 1. The monoisotopic (exact) mass is 379 g/mol. The zero-order chi connectivity index (χ0) is 17.6. The van der Waals surface area contributed by atoms with Crippen molar-refractivity contribution in [1.82, 2.24) is 15.2 Å². The minimum atomic E-state index is 0.0768. The molecule has 136 valence electrons. The summed E-state index contributed by atoms with van der Waals surface area (Å²) in [6.07, 6.45) is 1.56.